The molecule has 3 rings (SSSR count). The van der Waals surface area contributed by atoms with Gasteiger partial charge in [0, 0.05) is 37.0 Å². The zero-order valence-corrected chi connectivity index (χ0v) is 11.9. The van der Waals surface area contributed by atoms with Gasteiger partial charge in [-0.1, -0.05) is 0 Å². The van der Waals surface area contributed by atoms with E-state index in [1.807, 2.05) is 13.8 Å². The first-order valence-electron chi connectivity index (χ1n) is 6.68. The third-order valence-corrected chi connectivity index (χ3v) is 3.76. The van der Waals surface area contributed by atoms with Crippen LogP contribution in [0.2, 0.25) is 0 Å². The number of aryl methyl sites for hydroxylation is 2. The molecule has 0 atom stereocenters. The number of nitrogens with zero attached hydrogens (tertiary/aromatic N) is 4. The van der Waals surface area contributed by atoms with Crippen molar-refractivity contribution in [3.05, 3.63) is 34.4 Å². The molecule has 2 aromatic rings. The zero-order valence-electron chi connectivity index (χ0n) is 11.9. The van der Waals surface area contributed by atoms with Crippen LogP contribution < -0.4 is 4.90 Å². The summed E-state index contributed by atoms with van der Waals surface area (Å²) in [5.74, 6) is 0.680. The summed E-state index contributed by atoms with van der Waals surface area (Å²) in [7, 11) is 0. The maximum Gasteiger partial charge on any atom is 0.225 e. The van der Waals surface area contributed by atoms with Gasteiger partial charge in [0.15, 0.2) is 5.78 Å². The number of Topliss-reactive ketones (excluding diaryl/α,β-unsaturated/α-hetero) is 1. The molecule has 6 nitrogen and oxygen atoms in total. The minimum Gasteiger partial charge on any atom is -0.336 e. The van der Waals surface area contributed by atoms with E-state index >= 15 is 0 Å². The number of H-pyrrole nitrogens is 1. The second kappa shape index (κ2) is 4.70. The summed E-state index contributed by atoms with van der Waals surface area (Å²) in [6.07, 6.45) is 2.51. The molecule has 1 aliphatic heterocycles. The monoisotopic (exact) mass is 271 g/mol. The number of ketones is 1. The second-order valence-electron chi connectivity index (χ2n) is 5.17. The molecule has 0 spiro atoms. The number of hydrogen-bond donors (Lipinski definition) is 1. The van der Waals surface area contributed by atoms with Crippen LogP contribution in [0, 0.1) is 13.8 Å². The molecular formula is C14H17N5O. The highest BCUT2D eigenvalue weighted by atomic mass is 16.1. The van der Waals surface area contributed by atoms with Gasteiger partial charge < -0.3 is 4.90 Å². The van der Waals surface area contributed by atoms with Crippen molar-refractivity contribution in [2.75, 3.05) is 11.4 Å². The molecule has 1 aliphatic rings. The van der Waals surface area contributed by atoms with E-state index in [-0.39, 0.29) is 5.78 Å². The molecule has 0 aromatic carbocycles. The molecule has 0 amide bonds. The molecule has 0 unspecified atom stereocenters. The van der Waals surface area contributed by atoms with Crippen LogP contribution in [0.1, 0.15) is 39.9 Å². The Labute approximate surface area is 117 Å². The van der Waals surface area contributed by atoms with Crippen molar-refractivity contribution in [3.63, 3.8) is 0 Å². The summed E-state index contributed by atoms with van der Waals surface area (Å²) in [5.41, 5.74) is 4.79. The van der Waals surface area contributed by atoms with Crippen molar-refractivity contribution in [2.45, 2.75) is 33.7 Å². The summed E-state index contributed by atoms with van der Waals surface area (Å²) < 4.78 is 0. The molecule has 0 fully saturated rings. The lowest BCUT2D eigenvalue weighted by Gasteiger charge is -2.27. The Balaban J connectivity index is 1.90. The van der Waals surface area contributed by atoms with Gasteiger partial charge in [0.05, 0.1) is 17.0 Å². The van der Waals surface area contributed by atoms with E-state index in [0.29, 0.717) is 11.5 Å². The van der Waals surface area contributed by atoms with Gasteiger partial charge in [0.1, 0.15) is 0 Å². The molecule has 104 valence electrons. The molecule has 20 heavy (non-hydrogen) atoms. The third-order valence-electron chi connectivity index (χ3n) is 3.76. The van der Waals surface area contributed by atoms with E-state index in [1.54, 1.807) is 6.20 Å². The van der Waals surface area contributed by atoms with Crippen LogP contribution in [0.3, 0.4) is 0 Å². The van der Waals surface area contributed by atoms with Gasteiger partial charge in [0.25, 0.3) is 0 Å². The van der Waals surface area contributed by atoms with Gasteiger partial charge >= 0.3 is 0 Å². The smallest absolute Gasteiger partial charge is 0.225 e. The second-order valence-corrected chi connectivity index (χ2v) is 5.17. The van der Waals surface area contributed by atoms with Crippen LogP contribution in [0.15, 0.2) is 6.20 Å². The third kappa shape index (κ3) is 2.07. The number of aromatic nitrogens is 4. The lowest BCUT2D eigenvalue weighted by molar-refractivity contribution is 0.101. The minimum atomic E-state index is 0.000611. The van der Waals surface area contributed by atoms with Crippen LogP contribution in [-0.2, 0) is 13.0 Å². The van der Waals surface area contributed by atoms with Crippen molar-refractivity contribution >= 4 is 11.7 Å². The number of hydrogen-bond acceptors (Lipinski definition) is 5. The van der Waals surface area contributed by atoms with Crippen molar-refractivity contribution in [3.8, 4) is 0 Å². The quantitative estimate of drug-likeness (QED) is 0.839. The van der Waals surface area contributed by atoms with Gasteiger partial charge in [-0.2, -0.15) is 5.10 Å². The molecule has 0 bridgehead atoms. The number of carbonyl (C=O) groups excluding carboxylic acids is 1. The first-order chi connectivity index (χ1) is 9.56. The Morgan fingerprint density at radius 2 is 2.20 bits per heavy atom. The average molecular weight is 271 g/mol. The van der Waals surface area contributed by atoms with Crippen molar-refractivity contribution in [1.29, 1.82) is 0 Å². The minimum absolute atomic E-state index is 0.000611. The normalized spacial score (nSPS) is 14.2. The van der Waals surface area contributed by atoms with E-state index in [2.05, 4.69) is 25.1 Å². The standard InChI is InChI=1S/C14H17N5O/c1-8-11(10(3)20)6-15-14(16-8)19-5-4-13-12(7-19)9(2)17-18-13/h6H,4-5,7H2,1-3H3,(H,17,18). The molecule has 0 saturated heterocycles. The van der Waals surface area contributed by atoms with E-state index in [4.69, 9.17) is 0 Å². The van der Waals surface area contributed by atoms with E-state index in [1.165, 1.54) is 12.5 Å². The Hall–Kier alpha value is -2.24. The molecule has 0 saturated carbocycles. The Morgan fingerprint density at radius 3 is 2.90 bits per heavy atom. The van der Waals surface area contributed by atoms with Crippen LogP contribution in [0.25, 0.3) is 0 Å². The number of anilines is 1. The predicted octanol–water partition coefficient (Wildman–Crippen LogP) is 1.58. The van der Waals surface area contributed by atoms with Crippen LogP contribution in [0.4, 0.5) is 5.95 Å². The Bertz CT molecular complexity index is 676. The highest BCUT2D eigenvalue weighted by Crippen LogP contribution is 2.23. The number of fused-ring (bicyclic) bond motifs is 1. The van der Waals surface area contributed by atoms with Gasteiger partial charge in [0.2, 0.25) is 5.95 Å². The summed E-state index contributed by atoms with van der Waals surface area (Å²) in [5, 5.41) is 7.33. The fourth-order valence-electron chi connectivity index (χ4n) is 2.55. The molecule has 1 N–H and O–H groups in total. The fraction of sp³-hybridized carbons (Fsp3) is 0.429. The van der Waals surface area contributed by atoms with Gasteiger partial charge in [-0.3, -0.25) is 9.89 Å². The van der Waals surface area contributed by atoms with Crippen molar-refractivity contribution < 1.29 is 4.79 Å². The van der Waals surface area contributed by atoms with E-state index in [0.717, 1.165) is 36.6 Å². The highest BCUT2D eigenvalue weighted by Gasteiger charge is 2.22. The van der Waals surface area contributed by atoms with E-state index < -0.39 is 0 Å². The maximum absolute atomic E-state index is 11.4. The molecule has 6 heteroatoms. The SMILES string of the molecule is CC(=O)c1cnc(N2CCc3n[nH]c(C)c3C2)nc1C. The fourth-order valence-corrected chi connectivity index (χ4v) is 2.55. The predicted molar refractivity (Wildman–Crippen MR) is 74.9 cm³/mol. The van der Waals surface area contributed by atoms with Crippen LogP contribution in [-0.4, -0.2) is 32.5 Å². The van der Waals surface area contributed by atoms with Gasteiger partial charge in [-0.25, -0.2) is 9.97 Å². The Kier molecular flexibility index (Phi) is 3.00. The molecule has 2 aromatic heterocycles. The van der Waals surface area contributed by atoms with Gasteiger partial charge in [-0.15, -0.1) is 0 Å². The topological polar surface area (TPSA) is 74.8 Å². The molecule has 3 heterocycles. The van der Waals surface area contributed by atoms with Crippen molar-refractivity contribution in [2.24, 2.45) is 0 Å². The zero-order chi connectivity index (χ0) is 14.3. The van der Waals surface area contributed by atoms with Crippen molar-refractivity contribution in [1.82, 2.24) is 20.2 Å². The van der Waals surface area contributed by atoms with Crippen LogP contribution in [0.5, 0.6) is 0 Å². The summed E-state index contributed by atoms with van der Waals surface area (Å²) in [6.45, 7) is 7.01. The highest BCUT2D eigenvalue weighted by molar-refractivity contribution is 5.94. The average Bonchev–Trinajstić information content (AvgIpc) is 2.79. The maximum atomic E-state index is 11.4. The molecule has 0 aliphatic carbocycles. The first-order valence-corrected chi connectivity index (χ1v) is 6.68. The van der Waals surface area contributed by atoms with Crippen LogP contribution >= 0.6 is 0 Å². The molecule has 0 radical (unpaired) electrons. The van der Waals surface area contributed by atoms with Gasteiger partial charge in [-0.05, 0) is 20.8 Å². The number of nitrogens with one attached hydrogen (secondary N) is 1. The lowest BCUT2D eigenvalue weighted by Crippen LogP contribution is -2.32. The molecular weight excluding hydrogens is 254 g/mol. The lowest BCUT2D eigenvalue weighted by atomic mass is 10.1. The van der Waals surface area contributed by atoms with E-state index in [9.17, 15) is 4.79 Å². The first kappa shape index (κ1) is 12.8. The Morgan fingerprint density at radius 1 is 1.40 bits per heavy atom. The summed E-state index contributed by atoms with van der Waals surface area (Å²) in [6, 6.07) is 0. The number of carbonyl (C=O) groups is 1. The summed E-state index contributed by atoms with van der Waals surface area (Å²) >= 11 is 0. The number of aromatic amines is 1. The number of rotatable bonds is 2. The largest absolute Gasteiger partial charge is 0.336 e. The summed E-state index contributed by atoms with van der Waals surface area (Å²) in [4.78, 5) is 22.4.